The number of hydrogen-bond donors (Lipinski definition) is 3. The van der Waals surface area contributed by atoms with Gasteiger partial charge in [-0.3, -0.25) is 9.59 Å². The summed E-state index contributed by atoms with van der Waals surface area (Å²) in [5.74, 6) is -0.766. The SMILES string of the molecule is CC(C)(C)NS(=O)(=O)c1cc(C(=O)Nc2cccc(NC(=O)c3cccs3)c2)ccc1Cl. The van der Waals surface area contributed by atoms with Crippen molar-refractivity contribution in [2.75, 3.05) is 10.6 Å². The normalized spacial score (nSPS) is 11.8. The Morgan fingerprint density at radius 1 is 0.906 bits per heavy atom. The largest absolute Gasteiger partial charge is 0.322 e. The molecular weight excluding hydrogens is 470 g/mol. The lowest BCUT2D eigenvalue weighted by molar-refractivity contribution is 0.102. The van der Waals surface area contributed by atoms with Crippen molar-refractivity contribution in [2.45, 2.75) is 31.2 Å². The zero-order valence-corrected chi connectivity index (χ0v) is 20.0. The van der Waals surface area contributed by atoms with E-state index in [0.717, 1.165) is 0 Å². The highest BCUT2D eigenvalue weighted by atomic mass is 35.5. The molecule has 1 heterocycles. The van der Waals surface area contributed by atoms with Crippen LogP contribution in [0.4, 0.5) is 11.4 Å². The maximum Gasteiger partial charge on any atom is 0.265 e. The van der Waals surface area contributed by atoms with Crippen LogP contribution in [0.1, 0.15) is 40.8 Å². The summed E-state index contributed by atoms with van der Waals surface area (Å²) in [6.07, 6.45) is 0. The summed E-state index contributed by atoms with van der Waals surface area (Å²) in [6.45, 7) is 5.12. The van der Waals surface area contributed by atoms with Gasteiger partial charge in [-0.25, -0.2) is 13.1 Å². The van der Waals surface area contributed by atoms with Crippen LogP contribution in [-0.2, 0) is 10.0 Å². The summed E-state index contributed by atoms with van der Waals surface area (Å²) in [5, 5.41) is 7.30. The second-order valence-corrected chi connectivity index (χ2v) is 11.0. The van der Waals surface area contributed by atoms with Crippen molar-refractivity contribution < 1.29 is 18.0 Å². The molecule has 0 radical (unpaired) electrons. The minimum Gasteiger partial charge on any atom is -0.322 e. The topological polar surface area (TPSA) is 104 Å². The van der Waals surface area contributed by atoms with Gasteiger partial charge in [0.1, 0.15) is 4.90 Å². The van der Waals surface area contributed by atoms with Crippen LogP contribution in [-0.4, -0.2) is 25.8 Å². The van der Waals surface area contributed by atoms with Gasteiger partial charge in [-0.15, -0.1) is 11.3 Å². The minimum absolute atomic E-state index is 0.0107. The van der Waals surface area contributed by atoms with Gasteiger partial charge in [0.2, 0.25) is 10.0 Å². The van der Waals surface area contributed by atoms with Crippen LogP contribution in [0.15, 0.2) is 64.9 Å². The first-order valence-electron chi connectivity index (χ1n) is 9.54. The molecule has 0 fully saturated rings. The van der Waals surface area contributed by atoms with Crippen LogP contribution in [0.3, 0.4) is 0 Å². The third-order valence-electron chi connectivity index (χ3n) is 4.05. The fourth-order valence-corrected chi connectivity index (χ4v) is 5.35. The van der Waals surface area contributed by atoms with E-state index in [1.54, 1.807) is 57.2 Å². The molecule has 7 nitrogen and oxygen atoms in total. The molecule has 0 atom stereocenters. The van der Waals surface area contributed by atoms with Crippen molar-refractivity contribution in [3.8, 4) is 0 Å². The molecule has 3 aromatic rings. The van der Waals surface area contributed by atoms with E-state index in [2.05, 4.69) is 15.4 Å². The Morgan fingerprint density at radius 3 is 2.16 bits per heavy atom. The van der Waals surface area contributed by atoms with Crippen LogP contribution in [0.2, 0.25) is 5.02 Å². The number of amides is 2. The van der Waals surface area contributed by atoms with Gasteiger partial charge in [-0.1, -0.05) is 23.7 Å². The minimum atomic E-state index is -3.93. The highest BCUT2D eigenvalue weighted by Gasteiger charge is 2.25. The predicted octanol–water partition coefficient (Wildman–Crippen LogP) is 4.98. The quantitative estimate of drug-likeness (QED) is 0.452. The lowest BCUT2D eigenvalue weighted by Crippen LogP contribution is -2.40. The third kappa shape index (κ3) is 6.17. The molecule has 168 valence electrons. The standard InChI is InChI=1S/C22H22ClN3O4S2/c1-22(2,3)26-32(29,30)19-12-14(9-10-17(19)23)20(27)24-15-6-4-7-16(13-15)25-21(28)18-8-5-11-31-18/h4-13,26H,1-3H3,(H,24,27)(H,25,28). The molecular formula is C22H22ClN3O4S2. The number of nitrogens with one attached hydrogen (secondary N) is 3. The van der Waals surface area contributed by atoms with Crippen molar-refractivity contribution in [1.29, 1.82) is 0 Å². The molecule has 0 saturated heterocycles. The summed E-state index contributed by atoms with van der Waals surface area (Å²) in [4.78, 5) is 25.4. The van der Waals surface area contributed by atoms with Crippen LogP contribution in [0.5, 0.6) is 0 Å². The van der Waals surface area contributed by atoms with Gasteiger partial charge in [0, 0.05) is 22.5 Å². The molecule has 2 aromatic carbocycles. The Balaban J connectivity index is 1.78. The maximum absolute atomic E-state index is 12.8. The van der Waals surface area contributed by atoms with E-state index in [9.17, 15) is 18.0 Å². The van der Waals surface area contributed by atoms with Gasteiger partial charge in [-0.05, 0) is 68.6 Å². The van der Waals surface area contributed by atoms with Gasteiger partial charge in [0.25, 0.3) is 11.8 Å². The molecule has 10 heteroatoms. The Hall–Kier alpha value is -2.72. The fourth-order valence-electron chi connectivity index (χ4n) is 2.79. The lowest BCUT2D eigenvalue weighted by Gasteiger charge is -2.21. The Labute approximate surface area is 195 Å². The fraction of sp³-hybridized carbons (Fsp3) is 0.182. The van der Waals surface area contributed by atoms with Crippen molar-refractivity contribution in [3.05, 3.63) is 75.4 Å². The summed E-state index contributed by atoms with van der Waals surface area (Å²) in [6, 6.07) is 14.2. The van der Waals surface area contributed by atoms with Crippen LogP contribution in [0, 0.1) is 0 Å². The van der Waals surface area contributed by atoms with Crippen LogP contribution < -0.4 is 15.4 Å². The zero-order chi connectivity index (χ0) is 23.5. The average molecular weight is 492 g/mol. The Morgan fingerprint density at radius 2 is 1.56 bits per heavy atom. The first-order chi connectivity index (χ1) is 14.9. The molecule has 0 spiro atoms. The Kier molecular flexibility index (Phi) is 7.04. The average Bonchev–Trinajstić information content (AvgIpc) is 3.21. The number of rotatable bonds is 6. The molecule has 0 aliphatic heterocycles. The van der Waals surface area contributed by atoms with Crippen LogP contribution >= 0.6 is 22.9 Å². The monoisotopic (exact) mass is 491 g/mol. The highest BCUT2D eigenvalue weighted by Crippen LogP contribution is 2.25. The van der Waals surface area contributed by atoms with E-state index in [4.69, 9.17) is 11.6 Å². The number of carbonyl (C=O) groups is 2. The van der Waals surface area contributed by atoms with E-state index < -0.39 is 21.5 Å². The van der Waals surface area contributed by atoms with Gasteiger partial charge in [0.05, 0.1) is 9.90 Å². The molecule has 1 aromatic heterocycles. The van der Waals surface area contributed by atoms with Crippen molar-refractivity contribution in [2.24, 2.45) is 0 Å². The highest BCUT2D eigenvalue weighted by molar-refractivity contribution is 7.89. The molecule has 0 bridgehead atoms. The zero-order valence-electron chi connectivity index (χ0n) is 17.6. The molecule has 3 rings (SSSR count). The molecule has 0 aliphatic rings. The molecule has 2 amide bonds. The molecule has 0 unspecified atom stereocenters. The van der Waals surface area contributed by atoms with Gasteiger partial charge < -0.3 is 10.6 Å². The first kappa shape index (κ1) is 23.9. The lowest BCUT2D eigenvalue weighted by atomic mass is 10.1. The molecule has 32 heavy (non-hydrogen) atoms. The third-order valence-corrected chi connectivity index (χ3v) is 7.15. The van der Waals surface area contributed by atoms with Crippen molar-refractivity contribution >= 4 is 56.2 Å². The summed E-state index contributed by atoms with van der Waals surface area (Å²) < 4.78 is 27.9. The number of sulfonamides is 1. The second kappa shape index (κ2) is 9.41. The van der Waals surface area contributed by atoms with Gasteiger partial charge in [-0.2, -0.15) is 0 Å². The van der Waals surface area contributed by atoms with Gasteiger partial charge >= 0.3 is 0 Å². The molecule has 0 aliphatic carbocycles. The smallest absolute Gasteiger partial charge is 0.265 e. The van der Waals surface area contributed by atoms with E-state index in [1.807, 2.05) is 5.38 Å². The number of halogens is 1. The summed E-state index contributed by atoms with van der Waals surface area (Å²) in [5.41, 5.74) is 0.354. The Bertz CT molecular complexity index is 1250. The van der Waals surface area contributed by atoms with Crippen LogP contribution in [0.25, 0.3) is 0 Å². The number of hydrogen-bond acceptors (Lipinski definition) is 5. The molecule has 0 saturated carbocycles. The number of thiophene rings is 1. The van der Waals surface area contributed by atoms with Crippen molar-refractivity contribution in [3.63, 3.8) is 0 Å². The second-order valence-electron chi connectivity index (χ2n) is 7.97. The van der Waals surface area contributed by atoms with E-state index in [1.165, 1.54) is 29.5 Å². The predicted molar refractivity (Wildman–Crippen MR) is 128 cm³/mol. The van der Waals surface area contributed by atoms with Gasteiger partial charge in [0.15, 0.2) is 0 Å². The van der Waals surface area contributed by atoms with E-state index in [0.29, 0.717) is 16.3 Å². The summed E-state index contributed by atoms with van der Waals surface area (Å²) in [7, 11) is -3.93. The molecule has 3 N–H and O–H groups in total. The maximum atomic E-state index is 12.8. The number of carbonyl (C=O) groups excluding carboxylic acids is 2. The van der Waals surface area contributed by atoms with E-state index >= 15 is 0 Å². The van der Waals surface area contributed by atoms with E-state index in [-0.39, 0.29) is 21.4 Å². The number of anilines is 2. The van der Waals surface area contributed by atoms with Crippen molar-refractivity contribution in [1.82, 2.24) is 4.72 Å². The number of benzene rings is 2. The summed E-state index contributed by atoms with van der Waals surface area (Å²) >= 11 is 7.42. The first-order valence-corrected chi connectivity index (χ1v) is 12.3.